The number of carbonyl (C=O) groups is 1. The van der Waals surface area contributed by atoms with E-state index in [4.69, 9.17) is 22.1 Å². The number of aryl methyl sites for hydroxylation is 1. The average molecular weight is 365 g/mol. The van der Waals surface area contributed by atoms with Crippen molar-refractivity contribution in [1.29, 1.82) is 0 Å². The summed E-state index contributed by atoms with van der Waals surface area (Å²) >= 11 is 8.12. The van der Waals surface area contributed by atoms with E-state index < -0.39 is 5.91 Å². The van der Waals surface area contributed by atoms with Gasteiger partial charge in [-0.2, -0.15) is 0 Å². The van der Waals surface area contributed by atoms with E-state index >= 15 is 0 Å². The molecule has 1 saturated carbocycles. The number of amides is 1. The van der Waals surface area contributed by atoms with Crippen molar-refractivity contribution in [2.24, 2.45) is 5.73 Å². The summed E-state index contributed by atoms with van der Waals surface area (Å²) in [5, 5.41) is 0.511. The van der Waals surface area contributed by atoms with E-state index in [9.17, 15) is 4.79 Å². The maximum atomic E-state index is 10.8. The molecule has 0 spiro atoms. The van der Waals surface area contributed by atoms with Crippen LogP contribution in [-0.4, -0.2) is 23.5 Å². The predicted octanol–water partition coefficient (Wildman–Crippen LogP) is 3.74. The lowest BCUT2D eigenvalue weighted by molar-refractivity contribution is -0.119. The first kappa shape index (κ1) is 17.3. The second kappa shape index (κ2) is 7.55. The predicted molar refractivity (Wildman–Crippen MR) is 97.5 cm³/mol. The van der Waals surface area contributed by atoms with Crippen molar-refractivity contribution < 1.29 is 9.53 Å². The van der Waals surface area contributed by atoms with Crippen LogP contribution in [0.15, 0.2) is 30.3 Å². The summed E-state index contributed by atoms with van der Waals surface area (Å²) in [4.78, 5) is 16.0. The molecule has 6 heteroatoms. The van der Waals surface area contributed by atoms with E-state index in [1.165, 1.54) is 22.6 Å². The zero-order valence-corrected chi connectivity index (χ0v) is 15.2. The molecule has 128 valence electrons. The fraction of sp³-hybridized carbons (Fsp3) is 0.389. The second-order valence-corrected chi connectivity index (χ2v) is 7.95. The molecule has 1 heterocycles. The molecule has 0 unspecified atom stereocenters. The monoisotopic (exact) mass is 364 g/mol. The highest BCUT2D eigenvalue weighted by Gasteiger charge is 2.29. The van der Waals surface area contributed by atoms with Crippen LogP contribution in [0.5, 0.6) is 5.75 Å². The zero-order valence-electron chi connectivity index (χ0n) is 13.6. The Hall–Kier alpha value is -1.56. The SMILES string of the molecule is Cc1ccc(CN(Cc2ccc(OCC(N)=O)c(Cl)c2)C2CC2)s1. The molecule has 1 amide bonds. The molecule has 0 radical (unpaired) electrons. The van der Waals surface area contributed by atoms with Gasteiger partial charge in [-0.05, 0) is 49.6 Å². The van der Waals surface area contributed by atoms with Crippen LogP contribution in [0.25, 0.3) is 0 Å². The lowest BCUT2D eigenvalue weighted by Crippen LogP contribution is -2.24. The number of rotatable bonds is 8. The Morgan fingerprint density at radius 1 is 1.33 bits per heavy atom. The van der Waals surface area contributed by atoms with Crippen LogP contribution < -0.4 is 10.5 Å². The number of nitrogens with zero attached hydrogens (tertiary/aromatic N) is 1. The molecule has 2 N–H and O–H groups in total. The van der Waals surface area contributed by atoms with Crippen LogP contribution in [-0.2, 0) is 17.9 Å². The molecule has 0 bridgehead atoms. The van der Waals surface area contributed by atoms with Crippen molar-refractivity contribution in [2.45, 2.75) is 38.9 Å². The van der Waals surface area contributed by atoms with E-state index in [0.717, 1.165) is 18.7 Å². The number of thiophene rings is 1. The lowest BCUT2D eigenvalue weighted by Gasteiger charge is -2.21. The molecule has 0 saturated heterocycles. The Kier molecular flexibility index (Phi) is 5.43. The Labute approximate surface area is 151 Å². The topological polar surface area (TPSA) is 55.6 Å². The Bertz CT molecular complexity index is 728. The maximum absolute atomic E-state index is 10.8. The molecule has 1 aromatic heterocycles. The van der Waals surface area contributed by atoms with E-state index in [-0.39, 0.29) is 6.61 Å². The highest BCUT2D eigenvalue weighted by Crippen LogP contribution is 2.32. The van der Waals surface area contributed by atoms with Gasteiger partial charge in [-0.25, -0.2) is 0 Å². The fourth-order valence-electron chi connectivity index (χ4n) is 2.67. The van der Waals surface area contributed by atoms with E-state index in [1.54, 1.807) is 6.07 Å². The number of halogens is 1. The summed E-state index contributed by atoms with van der Waals surface area (Å²) in [6.07, 6.45) is 2.52. The van der Waals surface area contributed by atoms with Crippen LogP contribution in [0.1, 0.15) is 28.2 Å². The summed E-state index contributed by atoms with van der Waals surface area (Å²) in [5.74, 6) is -0.0210. The summed E-state index contributed by atoms with van der Waals surface area (Å²) in [6, 6.07) is 10.8. The summed E-state index contributed by atoms with van der Waals surface area (Å²) < 4.78 is 5.30. The molecule has 1 fully saturated rings. The second-order valence-electron chi connectivity index (χ2n) is 6.17. The van der Waals surface area contributed by atoms with Crippen LogP contribution >= 0.6 is 22.9 Å². The quantitative estimate of drug-likeness (QED) is 0.776. The molecule has 1 aliphatic carbocycles. The van der Waals surface area contributed by atoms with Gasteiger partial charge in [-0.3, -0.25) is 9.69 Å². The van der Waals surface area contributed by atoms with Crippen molar-refractivity contribution in [3.63, 3.8) is 0 Å². The number of primary amides is 1. The van der Waals surface area contributed by atoms with Gasteiger partial charge < -0.3 is 10.5 Å². The van der Waals surface area contributed by atoms with Crippen LogP contribution in [0, 0.1) is 6.92 Å². The van der Waals surface area contributed by atoms with Gasteiger partial charge in [0.05, 0.1) is 5.02 Å². The first-order valence-corrected chi connectivity index (χ1v) is 9.19. The highest BCUT2D eigenvalue weighted by atomic mass is 35.5. The van der Waals surface area contributed by atoms with Gasteiger partial charge in [0.25, 0.3) is 5.91 Å². The number of hydrogen-bond donors (Lipinski definition) is 1. The van der Waals surface area contributed by atoms with Crippen LogP contribution in [0.4, 0.5) is 0 Å². The smallest absolute Gasteiger partial charge is 0.255 e. The molecule has 1 aromatic carbocycles. The van der Waals surface area contributed by atoms with Gasteiger partial charge in [-0.1, -0.05) is 17.7 Å². The molecule has 0 aliphatic heterocycles. The normalized spacial score (nSPS) is 14.1. The minimum Gasteiger partial charge on any atom is -0.482 e. The number of benzene rings is 1. The molecule has 4 nitrogen and oxygen atoms in total. The molecule has 2 aromatic rings. The van der Waals surface area contributed by atoms with Gasteiger partial charge in [0, 0.05) is 28.9 Å². The Balaban J connectivity index is 1.66. The molecule has 1 aliphatic rings. The lowest BCUT2D eigenvalue weighted by atomic mass is 10.2. The minimum absolute atomic E-state index is 0.162. The van der Waals surface area contributed by atoms with Gasteiger partial charge in [0.2, 0.25) is 0 Å². The minimum atomic E-state index is -0.513. The summed E-state index contributed by atoms with van der Waals surface area (Å²) in [6.45, 7) is 3.81. The average Bonchev–Trinajstić information content (AvgIpc) is 3.29. The van der Waals surface area contributed by atoms with Gasteiger partial charge in [0.15, 0.2) is 6.61 Å². The number of hydrogen-bond acceptors (Lipinski definition) is 4. The summed E-state index contributed by atoms with van der Waals surface area (Å²) in [5.41, 5.74) is 6.23. The van der Waals surface area contributed by atoms with Crippen LogP contribution in [0.2, 0.25) is 5.02 Å². The van der Waals surface area contributed by atoms with Crippen molar-refractivity contribution in [3.05, 3.63) is 50.7 Å². The van der Waals surface area contributed by atoms with E-state index in [1.807, 2.05) is 23.5 Å². The molecule has 0 atom stereocenters. The van der Waals surface area contributed by atoms with Gasteiger partial charge in [0.1, 0.15) is 5.75 Å². The van der Waals surface area contributed by atoms with Crippen molar-refractivity contribution in [1.82, 2.24) is 4.90 Å². The van der Waals surface area contributed by atoms with Crippen LogP contribution in [0.3, 0.4) is 0 Å². The number of ether oxygens (including phenoxy) is 1. The first-order chi connectivity index (χ1) is 11.5. The van der Waals surface area contributed by atoms with Gasteiger partial charge in [-0.15, -0.1) is 11.3 Å². The number of nitrogens with two attached hydrogens (primary N) is 1. The van der Waals surface area contributed by atoms with E-state index in [0.29, 0.717) is 16.8 Å². The van der Waals surface area contributed by atoms with Crippen molar-refractivity contribution in [3.8, 4) is 5.75 Å². The van der Waals surface area contributed by atoms with Crippen molar-refractivity contribution >= 4 is 28.8 Å². The largest absolute Gasteiger partial charge is 0.482 e. The van der Waals surface area contributed by atoms with Crippen molar-refractivity contribution in [2.75, 3.05) is 6.61 Å². The maximum Gasteiger partial charge on any atom is 0.255 e. The van der Waals surface area contributed by atoms with Gasteiger partial charge >= 0.3 is 0 Å². The number of carbonyl (C=O) groups excluding carboxylic acids is 1. The third-order valence-electron chi connectivity index (χ3n) is 3.97. The Morgan fingerprint density at radius 2 is 2.12 bits per heavy atom. The Morgan fingerprint density at radius 3 is 2.71 bits per heavy atom. The zero-order chi connectivity index (χ0) is 17.1. The fourth-order valence-corrected chi connectivity index (χ4v) is 3.84. The third-order valence-corrected chi connectivity index (χ3v) is 5.25. The highest BCUT2D eigenvalue weighted by molar-refractivity contribution is 7.11. The molecular formula is C18H21ClN2O2S. The third kappa shape index (κ3) is 4.72. The van der Waals surface area contributed by atoms with E-state index in [2.05, 4.69) is 24.0 Å². The molecule has 24 heavy (non-hydrogen) atoms. The summed E-state index contributed by atoms with van der Waals surface area (Å²) in [7, 11) is 0. The molecule has 3 rings (SSSR count). The standard InChI is InChI=1S/C18H21ClN2O2S/c1-12-2-6-15(24-12)10-21(14-4-5-14)9-13-3-7-17(16(19)8-13)23-11-18(20)22/h2-3,6-8,14H,4-5,9-11H2,1H3,(H2,20,22). The molecular weight excluding hydrogens is 344 g/mol. The first-order valence-electron chi connectivity index (χ1n) is 8.00.